The molecule has 1 saturated heterocycles. The fourth-order valence-corrected chi connectivity index (χ4v) is 6.69. The summed E-state index contributed by atoms with van der Waals surface area (Å²) in [5.41, 5.74) is 2.13. The van der Waals surface area contributed by atoms with Crippen molar-refractivity contribution in [1.29, 1.82) is 0 Å². The predicted molar refractivity (Wildman–Crippen MR) is 152 cm³/mol. The molecule has 2 aromatic heterocycles. The van der Waals surface area contributed by atoms with Gasteiger partial charge in [0.15, 0.2) is 11.0 Å². The summed E-state index contributed by atoms with van der Waals surface area (Å²) >= 11 is 1.76. The Bertz CT molecular complexity index is 1320. The molecular formula is C27H34ClN7O2S. The molecule has 11 heteroatoms. The lowest BCUT2D eigenvalue weighted by molar-refractivity contribution is 0.190. The van der Waals surface area contributed by atoms with Gasteiger partial charge in [0, 0.05) is 37.8 Å². The molecule has 9 nitrogen and oxygen atoms in total. The van der Waals surface area contributed by atoms with Crippen LogP contribution in [0.4, 0.5) is 5.13 Å². The van der Waals surface area contributed by atoms with Gasteiger partial charge in [-0.2, -0.15) is 0 Å². The van der Waals surface area contributed by atoms with E-state index in [9.17, 15) is 0 Å². The van der Waals surface area contributed by atoms with E-state index in [1.54, 1.807) is 25.6 Å². The third-order valence-corrected chi connectivity index (χ3v) is 8.75. The summed E-state index contributed by atoms with van der Waals surface area (Å²) in [6.07, 6.45) is 5.98. The zero-order valence-electron chi connectivity index (χ0n) is 21.8. The molecule has 3 heterocycles. The summed E-state index contributed by atoms with van der Waals surface area (Å²) in [4.78, 5) is 9.77. The molecular weight excluding hydrogens is 522 g/mol. The molecule has 0 radical (unpaired) electrons. The smallest absolute Gasteiger partial charge is 0.186 e. The predicted octanol–water partition coefficient (Wildman–Crippen LogP) is 5.14. The molecule has 0 spiro atoms. The lowest BCUT2D eigenvalue weighted by Gasteiger charge is -2.39. The monoisotopic (exact) mass is 555 g/mol. The Morgan fingerprint density at radius 2 is 1.74 bits per heavy atom. The number of ether oxygens (including phenoxy) is 2. The maximum Gasteiger partial charge on any atom is 0.186 e. The van der Waals surface area contributed by atoms with E-state index in [4.69, 9.17) is 14.5 Å². The third kappa shape index (κ3) is 5.17. The maximum atomic E-state index is 5.86. The van der Waals surface area contributed by atoms with Crippen LogP contribution in [0.1, 0.15) is 55.6 Å². The maximum absolute atomic E-state index is 5.86. The highest BCUT2D eigenvalue weighted by atomic mass is 35.5. The molecule has 2 aliphatic rings. The number of hydrogen-bond acceptors (Lipinski definition) is 9. The Hall–Kier alpha value is -2.95. The molecule has 2 aromatic carbocycles. The molecule has 1 atom stereocenters. The molecule has 0 amide bonds. The van der Waals surface area contributed by atoms with Crippen molar-refractivity contribution >= 4 is 39.1 Å². The molecule has 1 aliphatic carbocycles. The minimum atomic E-state index is -0.115. The average molecular weight is 556 g/mol. The van der Waals surface area contributed by atoms with Crippen LogP contribution in [0.3, 0.4) is 0 Å². The molecule has 0 N–H and O–H groups in total. The number of hydrogen-bond donors (Lipinski definition) is 0. The summed E-state index contributed by atoms with van der Waals surface area (Å²) in [6, 6.07) is 14.6. The van der Waals surface area contributed by atoms with Crippen molar-refractivity contribution in [1.82, 2.24) is 30.1 Å². The van der Waals surface area contributed by atoms with Crippen molar-refractivity contribution in [2.45, 2.75) is 44.2 Å². The molecule has 0 bridgehead atoms. The van der Waals surface area contributed by atoms with Gasteiger partial charge in [-0.05, 0) is 47.5 Å². The number of para-hydroxylation sites is 1. The van der Waals surface area contributed by atoms with Gasteiger partial charge in [0.2, 0.25) is 0 Å². The summed E-state index contributed by atoms with van der Waals surface area (Å²) in [5, 5.41) is 14.4. The van der Waals surface area contributed by atoms with Crippen molar-refractivity contribution < 1.29 is 9.47 Å². The number of fused-ring (bicyclic) bond motifs is 1. The fraction of sp³-hybridized carbons (Fsp3) is 0.481. The zero-order valence-corrected chi connectivity index (χ0v) is 23.5. The molecule has 38 heavy (non-hydrogen) atoms. The second-order valence-corrected chi connectivity index (χ2v) is 10.8. The van der Waals surface area contributed by atoms with Crippen LogP contribution in [0.5, 0.6) is 11.5 Å². The van der Waals surface area contributed by atoms with Gasteiger partial charge >= 0.3 is 0 Å². The number of anilines is 1. The number of rotatable bonds is 7. The average Bonchev–Trinajstić information content (AvgIpc) is 3.62. The zero-order chi connectivity index (χ0) is 25.2. The minimum absolute atomic E-state index is 0. The summed E-state index contributed by atoms with van der Waals surface area (Å²) in [6.45, 7) is 3.51. The van der Waals surface area contributed by atoms with Gasteiger partial charge in [0.25, 0.3) is 0 Å². The number of benzene rings is 2. The third-order valence-electron chi connectivity index (χ3n) is 7.65. The standard InChI is InChI=1S/C27H33N7O2S.ClH/c1-35-20-12-13-21(23(18-20)36-2)25(26-29-30-31-34(26)19-8-4-3-5-9-19)32-14-16-33(17-15-32)27-28-22-10-6-7-11-24(22)37-27;/h6-7,10-13,18-19,25H,3-5,8-9,14-17H2,1-2H3;1H. The first-order valence-corrected chi connectivity index (χ1v) is 13.9. The van der Waals surface area contributed by atoms with Crippen LogP contribution in [0.2, 0.25) is 0 Å². The van der Waals surface area contributed by atoms with E-state index in [1.165, 1.54) is 24.0 Å². The molecule has 1 saturated carbocycles. The van der Waals surface area contributed by atoms with Gasteiger partial charge in [0.05, 0.1) is 30.5 Å². The lowest BCUT2D eigenvalue weighted by Crippen LogP contribution is -2.48. The largest absolute Gasteiger partial charge is 0.497 e. The van der Waals surface area contributed by atoms with E-state index in [0.29, 0.717) is 6.04 Å². The number of aromatic nitrogens is 5. The van der Waals surface area contributed by atoms with Gasteiger partial charge < -0.3 is 14.4 Å². The minimum Gasteiger partial charge on any atom is -0.497 e. The molecule has 6 rings (SSSR count). The van der Waals surface area contributed by atoms with Crippen LogP contribution < -0.4 is 14.4 Å². The number of methoxy groups -OCH3 is 2. The van der Waals surface area contributed by atoms with Crippen LogP contribution in [-0.2, 0) is 0 Å². The van der Waals surface area contributed by atoms with Gasteiger partial charge in [-0.1, -0.05) is 42.7 Å². The Balaban J connectivity index is 0.00000294. The van der Waals surface area contributed by atoms with Crippen LogP contribution >= 0.6 is 23.7 Å². The van der Waals surface area contributed by atoms with Crippen molar-refractivity contribution in [3.05, 3.63) is 53.9 Å². The van der Waals surface area contributed by atoms with Crippen LogP contribution in [-0.4, -0.2) is 70.5 Å². The van der Waals surface area contributed by atoms with E-state index >= 15 is 0 Å². The van der Waals surface area contributed by atoms with E-state index in [-0.39, 0.29) is 18.4 Å². The van der Waals surface area contributed by atoms with Gasteiger partial charge in [0.1, 0.15) is 17.5 Å². The van der Waals surface area contributed by atoms with Gasteiger partial charge in [-0.25, -0.2) is 9.67 Å². The molecule has 1 unspecified atom stereocenters. The molecule has 1 aliphatic heterocycles. The van der Waals surface area contributed by atoms with Crippen molar-refractivity contribution in [3.63, 3.8) is 0 Å². The van der Waals surface area contributed by atoms with Crippen LogP contribution in [0.25, 0.3) is 10.2 Å². The summed E-state index contributed by atoms with van der Waals surface area (Å²) < 4.78 is 14.7. The second kappa shape index (κ2) is 11.8. The highest BCUT2D eigenvalue weighted by Gasteiger charge is 2.35. The Morgan fingerprint density at radius 1 is 0.947 bits per heavy atom. The molecule has 4 aromatic rings. The first-order valence-electron chi connectivity index (χ1n) is 13.1. The SMILES string of the molecule is COc1ccc(C(c2nnnn2C2CCCCC2)N2CCN(c3nc4ccccc4s3)CC2)c(OC)c1.Cl. The van der Waals surface area contributed by atoms with Crippen molar-refractivity contribution in [3.8, 4) is 11.5 Å². The van der Waals surface area contributed by atoms with Crippen molar-refractivity contribution in [2.24, 2.45) is 0 Å². The number of tetrazole rings is 1. The number of piperazine rings is 1. The number of thiazole rings is 1. The summed E-state index contributed by atoms with van der Waals surface area (Å²) in [5.74, 6) is 2.45. The Morgan fingerprint density at radius 3 is 2.47 bits per heavy atom. The normalized spacial score (nSPS) is 17.8. The fourth-order valence-electron chi connectivity index (χ4n) is 5.68. The topological polar surface area (TPSA) is 81.4 Å². The second-order valence-electron chi connectivity index (χ2n) is 9.77. The molecule has 202 valence electrons. The van der Waals surface area contributed by atoms with E-state index in [1.807, 2.05) is 18.2 Å². The van der Waals surface area contributed by atoms with Crippen LogP contribution in [0, 0.1) is 0 Å². The number of halogens is 1. The Labute approximate surface area is 233 Å². The summed E-state index contributed by atoms with van der Waals surface area (Å²) in [7, 11) is 3.39. The highest BCUT2D eigenvalue weighted by Crippen LogP contribution is 2.39. The first-order chi connectivity index (χ1) is 18.2. The van der Waals surface area contributed by atoms with E-state index in [0.717, 1.165) is 72.6 Å². The molecule has 2 fully saturated rings. The first kappa shape index (κ1) is 26.6. The van der Waals surface area contributed by atoms with E-state index < -0.39 is 0 Å². The quantitative estimate of drug-likeness (QED) is 0.310. The highest BCUT2D eigenvalue weighted by molar-refractivity contribution is 7.22. The van der Waals surface area contributed by atoms with E-state index in [2.05, 4.69) is 54.3 Å². The lowest BCUT2D eigenvalue weighted by atomic mass is 9.95. The van der Waals surface area contributed by atoms with Gasteiger partial charge in [-0.15, -0.1) is 17.5 Å². The van der Waals surface area contributed by atoms with Gasteiger partial charge in [-0.3, -0.25) is 4.90 Å². The Kier molecular flexibility index (Phi) is 8.30. The number of nitrogens with zero attached hydrogens (tertiary/aromatic N) is 7. The van der Waals surface area contributed by atoms with Crippen molar-refractivity contribution in [2.75, 3.05) is 45.3 Å². The van der Waals surface area contributed by atoms with Crippen LogP contribution in [0.15, 0.2) is 42.5 Å².